The Morgan fingerprint density at radius 3 is 2.67 bits per heavy atom. The van der Waals surface area contributed by atoms with E-state index in [0.29, 0.717) is 18.4 Å². The molecular weight excluding hydrogens is 332 g/mol. The SMILES string of the molecule is CC(Sc1nnc(N2CCOCC2)n1C)C(=O)NC(=O)NC1CC1. The topological polar surface area (TPSA) is 101 Å². The monoisotopic (exact) mass is 354 g/mol. The van der Waals surface area contributed by atoms with Crippen LogP contribution in [0, 0.1) is 0 Å². The zero-order valence-electron chi connectivity index (χ0n) is 13.8. The van der Waals surface area contributed by atoms with E-state index in [1.165, 1.54) is 11.8 Å². The third kappa shape index (κ3) is 4.18. The van der Waals surface area contributed by atoms with Gasteiger partial charge in [-0.3, -0.25) is 14.7 Å². The number of nitrogens with one attached hydrogen (secondary N) is 2. The molecule has 1 aliphatic heterocycles. The number of thioether (sulfide) groups is 1. The normalized spacial score (nSPS) is 19.0. The lowest BCUT2D eigenvalue weighted by Crippen LogP contribution is -2.43. The van der Waals surface area contributed by atoms with Gasteiger partial charge in [0.05, 0.1) is 18.5 Å². The van der Waals surface area contributed by atoms with Crippen molar-refractivity contribution in [1.29, 1.82) is 0 Å². The molecular formula is C14H22N6O3S. The van der Waals surface area contributed by atoms with E-state index in [4.69, 9.17) is 4.74 Å². The smallest absolute Gasteiger partial charge is 0.321 e. The molecule has 3 amide bonds. The van der Waals surface area contributed by atoms with Gasteiger partial charge in [0.25, 0.3) is 0 Å². The van der Waals surface area contributed by atoms with Crippen LogP contribution >= 0.6 is 11.8 Å². The first kappa shape index (κ1) is 17.0. The molecule has 1 aromatic heterocycles. The summed E-state index contributed by atoms with van der Waals surface area (Å²) in [7, 11) is 1.87. The van der Waals surface area contributed by atoms with E-state index in [1.54, 1.807) is 6.92 Å². The van der Waals surface area contributed by atoms with Crippen molar-refractivity contribution in [2.45, 2.75) is 36.2 Å². The number of nitrogens with zero attached hydrogens (tertiary/aromatic N) is 4. The van der Waals surface area contributed by atoms with Crippen molar-refractivity contribution in [3.8, 4) is 0 Å². The maximum Gasteiger partial charge on any atom is 0.321 e. The van der Waals surface area contributed by atoms with E-state index in [-0.39, 0.29) is 11.9 Å². The first-order valence-corrected chi connectivity index (χ1v) is 8.92. The second-order valence-electron chi connectivity index (χ2n) is 5.94. The van der Waals surface area contributed by atoms with Gasteiger partial charge in [0.1, 0.15) is 0 Å². The first-order valence-electron chi connectivity index (χ1n) is 8.04. The summed E-state index contributed by atoms with van der Waals surface area (Å²) in [6, 6.07) is -0.211. The molecule has 2 aliphatic rings. The number of anilines is 1. The largest absolute Gasteiger partial charge is 0.378 e. The molecule has 24 heavy (non-hydrogen) atoms. The van der Waals surface area contributed by atoms with Gasteiger partial charge >= 0.3 is 6.03 Å². The number of ether oxygens (including phenoxy) is 1. The summed E-state index contributed by atoms with van der Waals surface area (Å²) in [6.45, 7) is 4.63. The quantitative estimate of drug-likeness (QED) is 0.724. The fourth-order valence-electron chi connectivity index (χ4n) is 2.32. The van der Waals surface area contributed by atoms with Gasteiger partial charge < -0.3 is 15.0 Å². The zero-order valence-corrected chi connectivity index (χ0v) is 14.6. The van der Waals surface area contributed by atoms with Gasteiger partial charge in [0, 0.05) is 26.2 Å². The number of rotatable bonds is 5. The Morgan fingerprint density at radius 1 is 1.29 bits per heavy atom. The van der Waals surface area contributed by atoms with Gasteiger partial charge in [0.2, 0.25) is 11.9 Å². The Bertz CT molecular complexity index is 612. The molecule has 0 spiro atoms. The van der Waals surface area contributed by atoms with Crippen molar-refractivity contribution < 1.29 is 14.3 Å². The summed E-state index contributed by atoms with van der Waals surface area (Å²) in [6.07, 6.45) is 1.96. The number of aromatic nitrogens is 3. The summed E-state index contributed by atoms with van der Waals surface area (Å²) in [5, 5.41) is 13.7. The highest BCUT2D eigenvalue weighted by molar-refractivity contribution is 8.00. The molecule has 0 aromatic carbocycles. The molecule has 9 nitrogen and oxygen atoms in total. The summed E-state index contributed by atoms with van der Waals surface area (Å²) in [4.78, 5) is 25.8. The number of hydrogen-bond acceptors (Lipinski definition) is 7. The van der Waals surface area contributed by atoms with E-state index in [2.05, 4.69) is 25.7 Å². The van der Waals surface area contributed by atoms with Crippen molar-refractivity contribution in [2.75, 3.05) is 31.2 Å². The van der Waals surface area contributed by atoms with E-state index in [1.807, 2.05) is 11.6 Å². The van der Waals surface area contributed by atoms with Crippen LogP contribution in [-0.2, 0) is 16.6 Å². The fourth-order valence-corrected chi connectivity index (χ4v) is 3.13. The molecule has 1 saturated heterocycles. The Morgan fingerprint density at radius 2 is 2.00 bits per heavy atom. The van der Waals surface area contributed by atoms with Gasteiger partial charge in [-0.1, -0.05) is 11.8 Å². The average molecular weight is 354 g/mol. The minimum absolute atomic E-state index is 0.218. The minimum Gasteiger partial charge on any atom is -0.378 e. The van der Waals surface area contributed by atoms with E-state index < -0.39 is 11.3 Å². The van der Waals surface area contributed by atoms with Crippen molar-refractivity contribution in [2.24, 2.45) is 7.05 Å². The van der Waals surface area contributed by atoms with Gasteiger partial charge in [0.15, 0.2) is 5.16 Å². The molecule has 1 aliphatic carbocycles. The number of imide groups is 1. The lowest BCUT2D eigenvalue weighted by molar-refractivity contribution is -0.119. The summed E-state index contributed by atoms with van der Waals surface area (Å²) in [5.74, 6) is 0.425. The Kier molecular flexibility index (Phi) is 5.24. The lowest BCUT2D eigenvalue weighted by atomic mass is 10.4. The van der Waals surface area contributed by atoms with E-state index in [0.717, 1.165) is 31.9 Å². The van der Waals surface area contributed by atoms with Crippen LogP contribution in [0.4, 0.5) is 10.7 Å². The van der Waals surface area contributed by atoms with Gasteiger partial charge in [-0.15, -0.1) is 10.2 Å². The third-order valence-corrected chi connectivity index (χ3v) is 5.04. The Balaban J connectivity index is 1.55. The molecule has 10 heteroatoms. The second-order valence-corrected chi connectivity index (χ2v) is 7.25. The van der Waals surface area contributed by atoms with Crippen LogP contribution in [0.5, 0.6) is 0 Å². The molecule has 0 bridgehead atoms. The van der Waals surface area contributed by atoms with Crippen molar-refractivity contribution in [3.05, 3.63) is 0 Å². The summed E-state index contributed by atoms with van der Waals surface area (Å²) in [5.41, 5.74) is 0. The molecule has 2 heterocycles. The highest BCUT2D eigenvalue weighted by Crippen LogP contribution is 2.25. The van der Waals surface area contributed by atoms with Crippen LogP contribution in [0.25, 0.3) is 0 Å². The molecule has 1 saturated carbocycles. The molecule has 1 aromatic rings. The van der Waals surface area contributed by atoms with Crippen LogP contribution < -0.4 is 15.5 Å². The first-order chi connectivity index (χ1) is 11.5. The molecule has 1 atom stereocenters. The molecule has 2 N–H and O–H groups in total. The Hall–Kier alpha value is -1.81. The molecule has 1 unspecified atom stereocenters. The maximum absolute atomic E-state index is 12.1. The van der Waals surface area contributed by atoms with Crippen molar-refractivity contribution in [1.82, 2.24) is 25.4 Å². The van der Waals surface area contributed by atoms with Crippen molar-refractivity contribution >= 4 is 29.6 Å². The van der Waals surface area contributed by atoms with E-state index in [9.17, 15) is 9.59 Å². The predicted octanol–water partition coefficient (Wildman–Crippen LogP) is 0.121. The zero-order chi connectivity index (χ0) is 17.1. The van der Waals surface area contributed by atoms with Crippen LogP contribution in [0.15, 0.2) is 5.16 Å². The second kappa shape index (κ2) is 7.39. The predicted molar refractivity (Wildman–Crippen MR) is 89.1 cm³/mol. The number of urea groups is 1. The summed E-state index contributed by atoms with van der Waals surface area (Å²) >= 11 is 1.28. The standard InChI is InChI=1S/C14H22N6O3S/c1-9(11(21)16-12(22)15-10-3-4-10)24-14-18-17-13(19(14)2)20-5-7-23-8-6-20/h9-10H,3-8H2,1-2H3,(H2,15,16,21,22). The number of amides is 3. The number of hydrogen-bond donors (Lipinski definition) is 2. The number of carbonyl (C=O) groups excluding carboxylic acids is 2. The number of carbonyl (C=O) groups is 2. The Labute approximate surface area is 144 Å². The third-order valence-electron chi connectivity index (χ3n) is 3.91. The maximum atomic E-state index is 12.1. The highest BCUT2D eigenvalue weighted by Gasteiger charge is 2.26. The highest BCUT2D eigenvalue weighted by atomic mass is 32.2. The van der Waals surface area contributed by atoms with Crippen molar-refractivity contribution in [3.63, 3.8) is 0 Å². The van der Waals surface area contributed by atoms with Gasteiger partial charge in [-0.25, -0.2) is 4.79 Å². The minimum atomic E-state index is -0.449. The van der Waals surface area contributed by atoms with Crippen LogP contribution in [0.1, 0.15) is 19.8 Å². The van der Waals surface area contributed by atoms with Crippen LogP contribution in [-0.4, -0.2) is 64.3 Å². The molecule has 3 rings (SSSR count). The molecule has 2 fully saturated rings. The van der Waals surface area contributed by atoms with Crippen LogP contribution in [0.3, 0.4) is 0 Å². The average Bonchev–Trinajstić information content (AvgIpc) is 3.31. The van der Waals surface area contributed by atoms with Crippen LogP contribution in [0.2, 0.25) is 0 Å². The van der Waals surface area contributed by atoms with Gasteiger partial charge in [-0.2, -0.15) is 0 Å². The lowest BCUT2D eigenvalue weighted by Gasteiger charge is -2.27. The van der Waals surface area contributed by atoms with E-state index >= 15 is 0 Å². The molecule has 0 radical (unpaired) electrons. The summed E-state index contributed by atoms with van der Waals surface area (Å²) < 4.78 is 7.20. The van der Waals surface area contributed by atoms with Gasteiger partial charge in [-0.05, 0) is 19.8 Å². The fraction of sp³-hybridized carbons (Fsp3) is 0.714. The molecule has 132 valence electrons. The number of morpholine rings is 1.